The summed E-state index contributed by atoms with van der Waals surface area (Å²) in [5.74, 6) is -1.17. The van der Waals surface area contributed by atoms with Gasteiger partial charge in [-0.05, 0) is 37.0 Å². The zero-order chi connectivity index (χ0) is 18.6. The Hall–Kier alpha value is -1.31. The molecule has 2 rings (SSSR count). The summed E-state index contributed by atoms with van der Waals surface area (Å²) in [7, 11) is -3.04. The first-order chi connectivity index (χ1) is 11.7. The van der Waals surface area contributed by atoms with Crippen LogP contribution in [0.15, 0.2) is 18.2 Å². The molecule has 138 valence electrons. The SMILES string of the molecule is CC(NC(=O)COC(=O)CC1CCS(=O)(=O)C1)c1ccc(Cl)cc1Cl. The third-order valence-electron chi connectivity index (χ3n) is 3.95. The van der Waals surface area contributed by atoms with Crippen molar-refractivity contribution in [3.05, 3.63) is 33.8 Å². The molecule has 0 bridgehead atoms. The van der Waals surface area contributed by atoms with E-state index < -0.39 is 28.3 Å². The summed E-state index contributed by atoms with van der Waals surface area (Å²) in [6.07, 6.45) is 0.459. The molecule has 1 fully saturated rings. The average molecular weight is 408 g/mol. The van der Waals surface area contributed by atoms with E-state index in [1.54, 1.807) is 25.1 Å². The molecule has 0 aromatic heterocycles. The maximum atomic E-state index is 11.9. The molecule has 6 nitrogen and oxygen atoms in total. The molecular weight excluding hydrogens is 389 g/mol. The minimum absolute atomic E-state index is 0.000393. The number of hydrogen-bond donors (Lipinski definition) is 1. The van der Waals surface area contributed by atoms with Gasteiger partial charge in [0, 0.05) is 16.5 Å². The molecule has 25 heavy (non-hydrogen) atoms. The number of esters is 1. The summed E-state index contributed by atoms with van der Waals surface area (Å²) in [6.45, 7) is 1.33. The predicted octanol–water partition coefficient (Wildman–Crippen LogP) is 2.54. The van der Waals surface area contributed by atoms with Gasteiger partial charge in [0.25, 0.3) is 5.91 Å². The van der Waals surface area contributed by atoms with E-state index in [0.29, 0.717) is 22.0 Å². The molecule has 1 saturated heterocycles. The zero-order valence-electron chi connectivity index (χ0n) is 13.6. The van der Waals surface area contributed by atoms with Gasteiger partial charge in [-0.15, -0.1) is 0 Å². The maximum Gasteiger partial charge on any atom is 0.306 e. The van der Waals surface area contributed by atoms with Crippen LogP contribution in [-0.2, 0) is 24.2 Å². The zero-order valence-corrected chi connectivity index (χ0v) is 16.0. The minimum Gasteiger partial charge on any atom is -0.456 e. The number of hydrogen-bond acceptors (Lipinski definition) is 5. The number of benzene rings is 1. The third kappa shape index (κ3) is 6.17. The molecule has 0 spiro atoms. The Kier molecular flexibility index (Phi) is 6.71. The van der Waals surface area contributed by atoms with Gasteiger partial charge in [-0.2, -0.15) is 0 Å². The van der Waals surface area contributed by atoms with Crippen molar-refractivity contribution >= 4 is 44.9 Å². The Morgan fingerprint density at radius 2 is 2.08 bits per heavy atom. The van der Waals surface area contributed by atoms with Crippen LogP contribution < -0.4 is 5.32 Å². The van der Waals surface area contributed by atoms with Gasteiger partial charge in [0.2, 0.25) is 0 Å². The monoisotopic (exact) mass is 407 g/mol. The number of carbonyl (C=O) groups is 2. The van der Waals surface area contributed by atoms with Crippen molar-refractivity contribution in [1.29, 1.82) is 0 Å². The molecule has 2 atom stereocenters. The molecule has 0 radical (unpaired) electrons. The number of sulfone groups is 1. The maximum absolute atomic E-state index is 11.9. The highest BCUT2D eigenvalue weighted by Gasteiger charge is 2.30. The second kappa shape index (κ2) is 8.38. The fourth-order valence-corrected chi connectivity index (χ4v) is 5.12. The smallest absolute Gasteiger partial charge is 0.306 e. The Morgan fingerprint density at radius 1 is 1.36 bits per heavy atom. The van der Waals surface area contributed by atoms with Crippen LogP contribution in [0.4, 0.5) is 0 Å². The molecule has 0 saturated carbocycles. The van der Waals surface area contributed by atoms with Gasteiger partial charge < -0.3 is 10.1 Å². The highest BCUT2D eigenvalue weighted by Crippen LogP contribution is 2.26. The first-order valence-corrected chi connectivity index (χ1v) is 10.3. The van der Waals surface area contributed by atoms with Crippen molar-refractivity contribution in [3.8, 4) is 0 Å². The summed E-state index contributed by atoms with van der Waals surface area (Å²) < 4.78 is 27.6. The Morgan fingerprint density at radius 3 is 2.68 bits per heavy atom. The molecule has 1 aromatic carbocycles. The number of ether oxygens (including phenoxy) is 1. The van der Waals surface area contributed by atoms with Crippen LogP contribution in [0.25, 0.3) is 0 Å². The Bertz CT molecular complexity index is 766. The first kappa shape index (κ1) is 20.0. The van der Waals surface area contributed by atoms with Gasteiger partial charge in [-0.3, -0.25) is 9.59 Å². The van der Waals surface area contributed by atoms with Crippen LogP contribution in [0.2, 0.25) is 10.0 Å². The molecule has 9 heteroatoms. The topological polar surface area (TPSA) is 89.5 Å². The van der Waals surface area contributed by atoms with Crippen molar-refractivity contribution in [3.63, 3.8) is 0 Å². The van der Waals surface area contributed by atoms with E-state index in [1.165, 1.54) is 0 Å². The van der Waals surface area contributed by atoms with E-state index in [-0.39, 0.29) is 29.9 Å². The highest BCUT2D eigenvalue weighted by atomic mass is 35.5. The van der Waals surface area contributed by atoms with Crippen molar-refractivity contribution in [2.75, 3.05) is 18.1 Å². The number of carbonyl (C=O) groups excluding carboxylic acids is 2. The van der Waals surface area contributed by atoms with Crippen LogP contribution in [0, 0.1) is 5.92 Å². The van der Waals surface area contributed by atoms with Crippen molar-refractivity contribution in [1.82, 2.24) is 5.32 Å². The van der Waals surface area contributed by atoms with Gasteiger partial charge in [0.15, 0.2) is 16.4 Å². The first-order valence-electron chi connectivity index (χ1n) is 7.76. The number of rotatable bonds is 6. The molecular formula is C16H19Cl2NO5S. The average Bonchev–Trinajstić information content (AvgIpc) is 2.83. The fourth-order valence-electron chi connectivity index (χ4n) is 2.69. The summed E-state index contributed by atoms with van der Waals surface area (Å²) >= 11 is 11.9. The minimum atomic E-state index is -3.04. The van der Waals surface area contributed by atoms with Gasteiger partial charge >= 0.3 is 5.97 Å². The lowest BCUT2D eigenvalue weighted by molar-refractivity contribution is -0.149. The Balaban J connectivity index is 1.77. The highest BCUT2D eigenvalue weighted by molar-refractivity contribution is 7.91. The number of nitrogens with one attached hydrogen (secondary N) is 1. The second-order valence-corrected chi connectivity index (χ2v) is 9.16. The van der Waals surface area contributed by atoms with Crippen LogP contribution >= 0.6 is 23.2 Å². The fraction of sp³-hybridized carbons (Fsp3) is 0.500. The molecule has 1 heterocycles. The molecule has 1 aromatic rings. The van der Waals surface area contributed by atoms with Crippen LogP contribution in [0.1, 0.15) is 31.4 Å². The van der Waals surface area contributed by atoms with E-state index in [1.807, 2.05) is 0 Å². The summed E-state index contributed by atoms with van der Waals surface area (Å²) in [6, 6.07) is 4.58. The van der Waals surface area contributed by atoms with Gasteiger partial charge in [-0.1, -0.05) is 29.3 Å². The van der Waals surface area contributed by atoms with Crippen LogP contribution in [-0.4, -0.2) is 38.4 Å². The number of halogens is 2. The van der Waals surface area contributed by atoms with E-state index >= 15 is 0 Å². The molecule has 1 aliphatic heterocycles. The molecule has 0 aliphatic carbocycles. The van der Waals surface area contributed by atoms with Crippen LogP contribution in [0.5, 0.6) is 0 Å². The summed E-state index contributed by atoms with van der Waals surface area (Å²) in [5.41, 5.74) is 0.696. The molecule has 2 unspecified atom stereocenters. The lowest BCUT2D eigenvalue weighted by Crippen LogP contribution is -2.31. The summed E-state index contributed by atoms with van der Waals surface area (Å²) in [5, 5.41) is 3.60. The third-order valence-corrected chi connectivity index (χ3v) is 6.35. The van der Waals surface area contributed by atoms with E-state index in [4.69, 9.17) is 27.9 Å². The lowest BCUT2D eigenvalue weighted by Gasteiger charge is -2.16. The molecule has 1 N–H and O–H groups in total. The lowest BCUT2D eigenvalue weighted by atomic mass is 10.1. The normalized spacial score (nSPS) is 20.0. The van der Waals surface area contributed by atoms with Gasteiger partial charge in [0.1, 0.15) is 0 Å². The van der Waals surface area contributed by atoms with Crippen molar-refractivity contribution < 1.29 is 22.7 Å². The quantitative estimate of drug-likeness (QED) is 0.731. The van der Waals surface area contributed by atoms with Crippen molar-refractivity contribution in [2.45, 2.75) is 25.8 Å². The Labute approximate surface area is 156 Å². The van der Waals surface area contributed by atoms with Gasteiger partial charge in [0.05, 0.1) is 17.5 Å². The number of amides is 1. The van der Waals surface area contributed by atoms with E-state index in [0.717, 1.165) is 0 Å². The van der Waals surface area contributed by atoms with Crippen LogP contribution in [0.3, 0.4) is 0 Å². The van der Waals surface area contributed by atoms with Gasteiger partial charge in [-0.25, -0.2) is 8.42 Å². The predicted molar refractivity (Wildman–Crippen MR) is 95.4 cm³/mol. The largest absolute Gasteiger partial charge is 0.456 e. The standard InChI is InChI=1S/C16H19Cl2NO5S/c1-10(13-3-2-12(17)7-14(13)18)19-15(20)8-24-16(21)6-11-4-5-25(22,23)9-11/h2-3,7,10-11H,4-6,8-9H2,1H3,(H,19,20). The molecule has 1 aliphatic rings. The van der Waals surface area contributed by atoms with Crippen molar-refractivity contribution in [2.24, 2.45) is 5.92 Å². The van der Waals surface area contributed by atoms with E-state index in [9.17, 15) is 18.0 Å². The molecule has 1 amide bonds. The summed E-state index contributed by atoms with van der Waals surface area (Å²) in [4.78, 5) is 23.6. The van der Waals surface area contributed by atoms with E-state index in [2.05, 4.69) is 5.32 Å². The second-order valence-electron chi connectivity index (χ2n) is 6.09.